The third-order valence-electron chi connectivity index (χ3n) is 3.11. The van der Waals surface area contributed by atoms with Crippen molar-refractivity contribution in [2.24, 2.45) is 0 Å². The number of nitrogens with one attached hydrogen (secondary N) is 1. The van der Waals surface area contributed by atoms with Crippen LogP contribution in [-0.4, -0.2) is 34.6 Å². The van der Waals surface area contributed by atoms with Gasteiger partial charge in [-0.05, 0) is 43.5 Å². The highest BCUT2D eigenvalue weighted by Gasteiger charge is 2.32. The average molecular weight is 341 g/mol. The van der Waals surface area contributed by atoms with Gasteiger partial charge in [-0.2, -0.15) is 0 Å². The van der Waals surface area contributed by atoms with Crippen LogP contribution < -0.4 is 5.32 Å². The number of aryl methyl sites for hydroxylation is 1. The van der Waals surface area contributed by atoms with Gasteiger partial charge < -0.3 is 15.3 Å². The largest absolute Gasteiger partial charge is 0.481 e. The molecule has 1 aliphatic carbocycles. The number of hydrogen-bond acceptors (Lipinski definition) is 2. The van der Waals surface area contributed by atoms with Crippen LogP contribution in [0.4, 0.5) is 10.5 Å². The van der Waals surface area contributed by atoms with Crippen molar-refractivity contribution < 1.29 is 14.7 Å². The van der Waals surface area contributed by atoms with E-state index in [2.05, 4.69) is 21.2 Å². The highest BCUT2D eigenvalue weighted by atomic mass is 79.9. The third-order valence-corrected chi connectivity index (χ3v) is 3.57. The van der Waals surface area contributed by atoms with Gasteiger partial charge in [-0.1, -0.05) is 15.9 Å². The summed E-state index contributed by atoms with van der Waals surface area (Å²) in [6.45, 7) is 2.20. The van der Waals surface area contributed by atoms with E-state index in [0.717, 1.165) is 22.9 Å². The molecule has 6 heteroatoms. The van der Waals surface area contributed by atoms with Crippen LogP contribution in [0.25, 0.3) is 0 Å². The van der Waals surface area contributed by atoms with Crippen molar-refractivity contribution in [2.75, 3.05) is 11.9 Å². The Morgan fingerprint density at radius 3 is 2.65 bits per heavy atom. The first-order chi connectivity index (χ1) is 9.45. The second kappa shape index (κ2) is 6.26. The number of carboxylic acids is 1. The summed E-state index contributed by atoms with van der Waals surface area (Å²) in [6, 6.07) is 5.62. The Hall–Kier alpha value is -1.56. The lowest BCUT2D eigenvalue weighted by Gasteiger charge is -2.22. The SMILES string of the molecule is Cc1cc(Br)cc(NC(=O)N(CCC(=O)O)C2CC2)c1. The Morgan fingerprint density at radius 2 is 2.10 bits per heavy atom. The summed E-state index contributed by atoms with van der Waals surface area (Å²) in [7, 11) is 0. The standard InChI is InChI=1S/C14H17BrN2O3/c1-9-6-10(15)8-11(7-9)16-14(20)17(12-2-3-12)5-4-13(18)19/h6-8,12H,2-5H2,1H3,(H,16,20)(H,18,19). The summed E-state index contributed by atoms with van der Waals surface area (Å²) in [6.07, 6.45) is 1.87. The average Bonchev–Trinajstić information content (AvgIpc) is 3.11. The lowest BCUT2D eigenvalue weighted by Crippen LogP contribution is -2.38. The first-order valence-corrected chi connectivity index (χ1v) is 7.31. The van der Waals surface area contributed by atoms with E-state index in [1.165, 1.54) is 0 Å². The Balaban J connectivity index is 2.02. The van der Waals surface area contributed by atoms with Crippen molar-refractivity contribution in [3.8, 4) is 0 Å². The molecule has 0 aliphatic heterocycles. The molecule has 1 fully saturated rings. The number of benzene rings is 1. The van der Waals surface area contributed by atoms with E-state index >= 15 is 0 Å². The van der Waals surface area contributed by atoms with Crippen LogP contribution in [-0.2, 0) is 4.79 Å². The summed E-state index contributed by atoms with van der Waals surface area (Å²) in [5.41, 5.74) is 1.75. The maximum atomic E-state index is 12.2. The number of carboxylic acid groups (broad SMARTS) is 1. The van der Waals surface area contributed by atoms with E-state index in [-0.39, 0.29) is 25.0 Å². The van der Waals surface area contributed by atoms with Crippen molar-refractivity contribution in [1.29, 1.82) is 0 Å². The van der Waals surface area contributed by atoms with Gasteiger partial charge in [0.1, 0.15) is 0 Å². The highest BCUT2D eigenvalue weighted by molar-refractivity contribution is 9.10. The molecule has 5 nitrogen and oxygen atoms in total. The first-order valence-electron chi connectivity index (χ1n) is 6.52. The van der Waals surface area contributed by atoms with E-state index in [4.69, 9.17) is 5.11 Å². The van der Waals surface area contributed by atoms with Gasteiger partial charge in [0.25, 0.3) is 0 Å². The smallest absolute Gasteiger partial charge is 0.322 e. The van der Waals surface area contributed by atoms with Crippen molar-refractivity contribution in [1.82, 2.24) is 4.90 Å². The molecular formula is C14H17BrN2O3. The first kappa shape index (κ1) is 14.8. The van der Waals surface area contributed by atoms with Crippen LogP contribution in [0.5, 0.6) is 0 Å². The molecule has 0 radical (unpaired) electrons. The van der Waals surface area contributed by atoms with Gasteiger partial charge in [0.15, 0.2) is 0 Å². The zero-order valence-corrected chi connectivity index (χ0v) is 12.8. The number of aliphatic carboxylic acids is 1. The molecule has 0 saturated heterocycles. The van der Waals surface area contributed by atoms with E-state index < -0.39 is 5.97 Å². The van der Waals surface area contributed by atoms with Gasteiger partial charge in [-0.25, -0.2) is 4.79 Å². The van der Waals surface area contributed by atoms with Crippen molar-refractivity contribution in [3.05, 3.63) is 28.2 Å². The predicted molar refractivity (Wildman–Crippen MR) is 79.9 cm³/mol. The summed E-state index contributed by atoms with van der Waals surface area (Å²) < 4.78 is 0.899. The van der Waals surface area contributed by atoms with Gasteiger partial charge in [0, 0.05) is 22.7 Å². The minimum atomic E-state index is -0.887. The molecule has 0 heterocycles. The highest BCUT2D eigenvalue weighted by Crippen LogP contribution is 2.28. The second-order valence-electron chi connectivity index (χ2n) is 5.02. The lowest BCUT2D eigenvalue weighted by molar-refractivity contribution is -0.137. The number of nitrogens with zero attached hydrogens (tertiary/aromatic N) is 1. The van der Waals surface area contributed by atoms with Crippen LogP contribution in [0.15, 0.2) is 22.7 Å². The molecule has 2 N–H and O–H groups in total. The van der Waals surface area contributed by atoms with Crippen molar-refractivity contribution >= 4 is 33.6 Å². The maximum absolute atomic E-state index is 12.2. The van der Waals surface area contributed by atoms with E-state index in [1.807, 2.05) is 25.1 Å². The Morgan fingerprint density at radius 1 is 1.40 bits per heavy atom. The number of hydrogen-bond donors (Lipinski definition) is 2. The number of carbonyl (C=O) groups excluding carboxylic acids is 1. The minimum absolute atomic E-state index is 0.0264. The predicted octanol–water partition coefficient (Wildman–Crippen LogP) is 3.23. The zero-order chi connectivity index (χ0) is 14.7. The Labute approximate surface area is 126 Å². The topological polar surface area (TPSA) is 69.6 Å². The maximum Gasteiger partial charge on any atom is 0.322 e. The van der Waals surface area contributed by atoms with E-state index in [1.54, 1.807) is 4.90 Å². The van der Waals surface area contributed by atoms with Crippen LogP contribution in [0, 0.1) is 6.92 Å². The summed E-state index contributed by atoms with van der Waals surface area (Å²) >= 11 is 3.39. The lowest BCUT2D eigenvalue weighted by atomic mass is 10.2. The van der Waals surface area contributed by atoms with Crippen LogP contribution >= 0.6 is 15.9 Å². The monoisotopic (exact) mass is 340 g/mol. The molecule has 0 spiro atoms. The molecule has 20 heavy (non-hydrogen) atoms. The summed E-state index contributed by atoms with van der Waals surface area (Å²) in [5.74, 6) is -0.887. The molecule has 108 valence electrons. The second-order valence-corrected chi connectivity index (χ2v) is 5.93. The number of rotatable bonds is 5. The fraction of sp³-hybridized carbons (Fsp3) is 0.429. The molecule has 1 aromatic rings. The molecule has 2 amide bonds. The molecule has 1 saturated carbocycles. The van der Waals surface area contributed by atoms with Gasteiger partial charge >= 0.3 is 12.0 Å². The van der Waals surface area contributed by atoms with Gasteiger partial charge in [-0.3, -0.25) is 4.79 Å². The van der Waals surface area contributed by atoms with Gasteiger partial charge in [-0.15, -0.1) is 0 Å². The molecule has 0 atom stereocenters. The zero-order valence-electron chi connectivity index (χ0n) is 11.2. The molecule has 0 unspecified atom stereocenters. The molecular weight excluding hydrogens is 324 g/mol. The number of halogens is 1. The number of amides is 2. The summed E-state index contributed by atoms with van der Waals surface area (Å²) in [4.78, 5) is 24.5. The van der Waals surface area contributed by atoms with Crippen LogP contribution in [0.3, 0.4) is 0 Å². The number of urea groups is 1. The van der Waals surface area contributed by atoms with E-state index in [0.29, 0.717) is 5.69 Å². The van der Waals surface area contributed by atoms with Crippen LogP contribution in [0.1, 0.15) is 24.8 Å². The number of anilines is 1. The fourth-order valence-electron chi connectivity index (χ4n) is 2.06. The van der Waals surface area contributed by atoms with Gasteiger partial charge in [0.2, 0.25) is 0 Å². The van der Waals surface area contributed by atoms with Crippen molar-refractivity contribution in [3.63, 3.8) is 0 Å². The fourth-order valence-corrected chi connectivity index (χ4v) is 2.66. The summed E-state index contributed by atoms with van der Waals surface area (Å²) in [5, 5.41) is 11.6. The molecule has 2 rings (SSSR count). The van der Waals surface area contributed by atoms with Gasteiger partial charge in [0.05, 0.1) is 6.42 Å². The molecule has 1 aromatic carbocycles. The minimum Gasteiger partial charge on any atom is -0.481 e. The third kappa shape index (κ3) is 4.23. The normalized spacial score (nSPS) is 13.9. The van der Waals surface area contributed by atoms with Crippen LogP contribution in [0.2, 0.25) is 0 Å². The van der Waals surface area contributed by atoms with Crippen molar-refractivity contribution in [2.45, 2.75) is 32.2 Å². The molecule has 0 aromatic heterocycles. The Kier molecular flexibility index (Phi) is 4.65. The molecule has 0 bridgehead atoms. The molecule has 1 aliphatic rings. The van der Waals surface area contributed by atoms with E-state index in [9.17, 15) is 9.59 Å². The quantitative estimate of drug-likeness (QED) is 0.864. The number of carbonyl (C=O) groups is 2. The Bertz CT molecular complexity index is 509.